The van der Waals surface area contributed by atoms with Crippen molar-refractivity contribution in [1.82, 2.24) is 10.3 Å². The lowest BCUT2D eigenvalue weighted by molar-refractivity contribution is -0.0686. The molecule has 2 heterocycles. The fraction of sp³-hybridized carbons (Fsp3) is 0.200. The van der Waals surface area contributed by atoms with Crippen LogP contribution in [-0.2, 0) is 10.0 Å². The molecule has 0 radical (unpaired) electrons. The molecule has 170 valence electrons. The monoisotopic (exact) mass is 471 g/mol. The van der Waals surface area contributed by atoms with Crippen LogP contribution in [-0.4, -0.2) is 45.8 Å². The predicted molar refractivity (Wildman–Crippen MR) is 111 cm³/mol. The minimum atomic E-state index is -4.90. The van der Waals surface area contributed by atoms with E-state index in [0.29, 0.717) is 4.31 Å². The lowest BCUT2D eigenvalue weighted by Gasteiger charge is -2.21. The second-order valence-electron chi connectivity index (χ2n) is 6.81. The first-order chi connectivity index (χ1) is 14.8. The molecule has 0 atom stereocenters. The third-order valence-electron chi connectivity index (χ3n) is 4.69. The average Bonchev–Trinajstić information content (AvgIpc) is 3.08. The van der Waals surface area contributed by atoms with Gasteiger partial charge < -0.3 is 9.73 Å². The van der Waals surface area contributed by atoms with Crippen molar-refractivity contribution in [3.63, 3.8) is 0 Å². The molecule has 0 unspecified atom stereocenters. The summed E-state index contributed by atoms with van der Waals surface area (Å²) in [6.45, 7) is 3.04. The molecule has 3 rings (SSSR count). The van der Waals surface area contributed by atoms with Crippen molar-refractivity contribution >= 4 is 38.4 Å². The van der Waals surface area contributed by atoms with Crippen molar-refractivity contribution < 1.29 is 35.2 Å². The minimum Gasteiger partial charge on any atom is -0.437 e. The van der Waals surface area contributed by atoms with Gasteiger partial charge in [-0.1, -0.05) is 6.58 Å². The molecular formula is C20H17F4N3O4S. The smallest absolute Gasteiger partial charge is 0.416 e. The molecule has 12 heteroatoms. The number of aromatic nitrogens is 1. The number of hydrogen-bond acceptors (Lipinski definition) is 5. The van der Waals surface area contributed by atoms with Crippen molar-refractivity contribution in [2.45, 2.75) is 6.18 Å². The first-order valence-corrected chi connectivity index (χ1v) is 10.8. The molecule has 3 aromatic rings. The number of amides is 1. The molecule has 0 saturated heterocycles. The number of rotatable bonds is 5. The molecule has 1 amide bonds. The normalized spacial score (nSPS) is 12.1. The number of hydrogen-bond donors (Lipinski definition) is 1. The number of benzene rings is 1. The molecule has 1 aromatic carbocycles. The van der Waals surface area contributed by atoms with Crippen LogP contribution < -0.4 is 9.62 Å². The van der Waals surface area contributed by atoms with Crippen LogP contribution in [0.1, 0.15) is 15.9 Å². The van der Waals surface area contributed by atoms with E-state index in [0.717, 1.165) is 31.5 Å². The number of nitrogens with one attached hydrogen (secondary N) is 1. The number of nitrogens with zero attached hydrogens (tertiary/aromatic N) is 2. The van der Waals surface area contributed by atoms with Crippen molar-refractivity contribution in [2.24, 2.45) is 0 Å². The fourth-order valence-electron chi connectivity index (χ4n) is 2.94. The second-order valence-corrected chi connectivity index (χ2v) is 8.83. The Labute approximate surface area is 180 Å². The van der Waals surface area contributed by atoms with Crippen molar-refractivity contribution in [3.05, 3.63) is 53.9 Å². The van der Waals surface area contributed by atoms with E-state index < -0.39 is 44.9 Å². The highest BCUT2D eigenvalue weighted by Gasteiger charge is 2.37. The lowest BCUT2D eigenvalue weighted by atomic mass is 10.0. The van der Waals surface area contributed by atoms with Crippen LogP contribution >= 0.6 is 0 Å². The van der Waals surface area contributed by atoms with Gasteiger partial charge in [0, 0.05) is 25.2 Å². The fourth-order valence-corrected chi connectivity index (χ4v) is 3.39. The summed E-state index contributed by atoms with van der Waals surface area (Å²) < 4.78 is 84.0. The summed E-state index contributed by atoms with van der Waals surface area (Å²) in [7, 11) is -1.67. The van der Waals surface area contributed by atoms with E-state index in [1.165, 1.54) is 19.2 Å². The van der Waals surface area contributed by atoms with Gasteiger partial charge in [-0.3, -0.25) is 9.10 Å². The van der Waals surface area contributed by atoms with Crippen LogP contribution in [0.2, 0.25) is 0 Å². The number of anilines is 1. The Bertz CT molecular complexity index is 1330. The Morgan fingerprint density at radius 1 is 1.22 bits per heavy atom. The maximum atomic E-state index is 13.5. The average molecular weight is 471 g/mol. The number of pyridine rings is 1. The van der Waals surface area contributed by atoms with E-state index in [4.69, 9.17) is 4.42 Å². The van der Waals surface area contributed by atoms with Gasteiger partial charge in [-0.05, 0) is 30.3 Å². The van der Waals surface area contributed by atoms with E-state index >= 15 is 0 Å². The van der Waals surface area contributed by atoms with Crippen LogP contribution in [0.4, 0.5) is 23.4 Å². The summed E-state index contributed by atoms with van der Waals surface area (Å²) in [4.78, 5) is 16.6. The third-order valence-corrected chi connectivity index (χ3v) is 5.85. The Morgan fingerprint density at radius 2 is 1.81 bits per heavy atom. The largest absolute Gasteiger partial charge is 0.437 e. The molecule has 32 heavy (non-hydrogen) atoms. The van der Waals surface area contributed by atoms with Crippen molar-refractivity contribution in [1.29, 1.82) is 0 Å². The Hall–Kier alpha value is -3.41. The molecule has 2 aromatic heterocycles. The van der Waals surface area contributed by atoms with E-state index in [1.54, 1.807) is 0 Å². The Kier molecular flexibility index (Phi) is 5.77. The van der Waals surface area contributed by atoms with Crippen LogP contribution in [0.15, 0.2) is 41.3 Å². The number of halogens is 4. The second kappa shape index (κ2) is 7.93. The van der Waals surface area contributed by atoms with Crippen LogP contribution in [0.5, 0.6) is 0 Å². The van der Waals surface area contributed by atoms with E-state index in [1.807, 2.05) is 0 Å². The van der Waals surface area contributed by atoms with Gasteiger partial charge in [0.25, 0.3) is 5.91 Å². The van der Waals surface area contributed by atoms with Crippen molar-refractivity contribution in [2.75, 3.05) is 24.7 Å². The molecule has 1 N–H and O–H groups in total. The SMILES string of the molecule is C=C(c1cc2c(C(=O)NC)c(-c3ccc(F)cc3)oc2nc1N(C)S(C)(=O)=O)C(F)(F)F. The Balaban J connectivity index is 2.42. The minimum absolute atomic E-state index is 0.0745. The summed E-state index contributed by atoms with van der Waals surface area (Å²) in [5, 5.41) is 2.27. The van der Waals surface area contributed by atoms with Crippen LogP contribution in [0, 0.1) is 5.82 Å². The first-order valence-electron chi connectivity index (χ1n) is 8.91. The molecule has 0 aliphatic carbocycles. The van der Waals surface area contributed by atoms with Gasteiger partial charge in [0.15, 0.2) is 5.82 Å². The lowest BCUT2D eigenvalue weighted by Crippen LogP contribution is -2.27. The molecule has 0 spiro atoms. The Morgan fingerprint density at radius 3 is 2.31 bits per heavy atom. The molecule has 0 aliphatic rings. The zero-order valence-electron chi connectivity index (χ0n) is 17.0. The summed E-state index contributed by atoms with van der Waals surface area (Å²) in [6.07, 6.45) is -4.11. The summed E-state index contributed by atoms with van der Waals surface area (Å²) in [5.74, 6) is -1.90. The predicted octanol–water partition coefficient (Wildman–Crippen LogP) is 3.96. The van der Waals surface area contributed by atoms with E-state index in [-0.39, 0.29) is 28.0 Å². The van der Waals surface area contributed by atoms with Gasteiger partial charge in [-0.25, -0.2) is 12.8 Å². The zero-order chi connectivity index (χ0) is 24.0. The number of sulfonamides is 1. The summed E-state index contributed by atoms with van der Waals surface area (Å²) in [5.41, 5.74) is -2.17. The number of allylic oxidation sites excluding steroid dienone is 1. The molecule has 0 aliphatic heterocycles. The standard InChI is InChI=1S/C20H17F4N3O4S/c1-10(20(22,23)24)13-9-14-15(18(28)25-2)16(11-5-7-12(21)8-6-11)31-19(14)26-17(13)27(3)32(4,29)30/h5-9H,1H2,2-4H3,(H,25,28). The van der Waals surface area contributed by atoms with Crippen LogP contribution in [0.25, 0.3) is 28.0 Å². The van der Waals surface area contributed by atoms with Gasteiger partial charge in [0.05, 0.1) is 22.8 Å². The first kappa shape index (κ1) is 23.3. The van der Waals surface area contributed by atoms with Crippen molar-refractivity contribution in [3.8, 4) is 11.3 Å². The maximum Gasteiger partial charge on any atom is 0.416 e. The number of furan rings is 1. The quantitative estimate of drug-likeness (QED) is 0.569. The van der Waals surface area contributed by atoms with E-state index in [2.05, 4.69) is 16.9 Å². The summed E-state index contributed by atoms with van der Waals surface area (Å²) in [6, 6.07) is 5.82. The van der Waals surface area contributed by atoms with Gasteiger partial charge >= 0.3 is 6.18 Å². The highest BCUT2D eigenvalue weighted by atomic mass is 32.2. The number of fused-ring (bicyclic) bond motifs is 1. The molecule has 0 bridgehead atoms. The maximum absolute atomic E-state index is 13.5. The highest BCUT2D eigenvalue weighted by Crippen LogP contribution is 2.41. The van der Waals surface area contributed by atoms with Crippen LogP contribution in [0.3, 0.4) is 0 Å². The number of alkyl halides is 3. The molecule has 0 fully saturated rings. The van der Waals surface area contributed by atoms with Gasteiger partial charge in [0.1, 0.15) is 11.6 Å². The van der Waals surface area contributed by atoms with Gasteiger partial charge in [0.2, 0.25) is 15.7 Å². The number of carbonyl (C=O) groups is 1. The summed E-state index contributed by atoms with van der Waals surface area (Å²) >= 11 is 0. The highest BCUT2D eigenvalue weighted by molar-refractivity contribution is 7.92. The molecular weight excluding hydrogens is 454 g/mol. The zero-order valence-corrected chi connectivity index (χ0v) is 17.9. The van der Waals surface area contributed by atoms with Gasteiger partial charge in [-0.2, -0.15) is 18.2 Å². The number of carbonyl (C=O) groups excluding carboxylic acids is 1. The van der Waals surface area contributed by atoms with E-state index in [9.17, 15) is 30.8 Å². The topological polar surface area (TPSA) is 92.5 Å². The molecule has 7 nitrogen and oxygen atoms in total. The molecule has 0 saturated carbocycles. The van der Waals surface area contributed by atoms with Gasteiger partial charge in [-0.15, -0.1) is 0 Å². The third kappa shape index (κ3) is 4.17.